The van der Waals surface area contributed by atoms with Crippen molar-refractivity contribution in [1.29, 1.82) is 0 Å². The number of methoxy groups -OCH3 is 1. The summed E-state index contributed by atoms with van der Waals surface area (Å²) in [5.41, 5.74) is 7.37. The Morgan fingerprint density at radius 3 is 2.60 bits per heavy atom. The molecule has 2 atom stereocenters. The Kier molecular flexibility index (Phi) is 4.45. The topological polar surface area (TPSA) is 53.1 Å². The van der Waals surface area contributed by atoms with E-state index in [2.05, 4.69) is 29.5 Å². The van der Waals surface area contributed by atoms with Gasteiger partial charge in [0, 0.05) is 24.4 Å². The fourth-order valence-electron chi connectivity index (χ4n) is 2.55. The Morgan fingerprint density at radius 1 is 1.25 bits per heavy atom. The molecule has 1 aromatic carbocycles. The largest absolute Gasteiger partial charge is 0.497 e. The third-order valence-electron chi connectivity index (χ3n) is 3.45. The molecule has 0 bridgehead atoms. The zero-order valence-corrected chi connectivity index (χ0v) is 12.6. The zero-order valence-electron chi connectivity index (χ0n) is 12.6. The molecule has 0 spiro atoms. The van der Waals surface area contributed by atoms with Gasteiger partial charge in [-0.05, 0) is 24.6 Å². The molecule has 0 aliphatic rings. The Bertz CT molecular complexity index is 560. The second-order valence-electron chi connectivity index (χ2n) is 5.43. The van der Waals surface area contributed by atoms with Crippen LogP contribution < -0.4 is 10.5 Å². The highest BCUT2D eigenvalue weighted by Gasteiger charge is 2.22. The molecule has 2 unspecified atom stereocenters. The lowest BCUT2D eigenvalue weighted by Crippen LogP contribution is -2.31. The van der Waals surface area contributed by atoms with Crippen molar-refractivity contribution in [3.05, 3.63) is 48.0 Å². The second-order valence-corrected chi connectivity index (χ2v) is 5.43. The quantitative estimate of drug-likeness (QED) is 0.911. The van der Waals surface area contributed by atoms with Gasteiger partial charge in [0.15, 0.2) is 0 Å². The Balaban J connectivity index is 2.48. The highest BCUT2D eigenvalue weighted by Crippen LogP contribution is 2.27. The smallest absolute Gasteiger partial charge is 0.119 e. The van der Waals surface area contributed by atoms with Crippen molar-refractivity contribution < 1.29 is 4.74 Å². The number of rotatable bonds is 5. The molecule has 0 fully saturated rings. The summed E-state index contributed by atoms with van der Waals surface area (Å²) < 4.78 is 7.48. The van der Waals surface area contributed by atoms with Crippen LogP contribution in [0.25, 0.3) is 0 Å². The lowest BCUT2D eigenvalue weighted by atomic mass is 9.99. The number of nitrogens with two attached hydrogens (primary N) is 1. The van der Waals surface area contributed by atoms with Crippen LogP contribution in [0.5, 0.6) is 5.75 Å². The molecular weight excluding hydrogens is 250 g/mol. The van der Waals surface area contributed by atoms with Gasteiger partial charge in [0.2, 0.25) is 0 Å². The molecule has 0 aliphatic carbocycles. The minimum atomic E-state index is -0.0196. The van der Waals surface area contributed by atoms with Gasteiger partial charge in [0.05, 0.1) is 13.2 Å². The molecule has 2 rings (SSSR count). The normalized spacial score (nSPS) is 14.3. The molecule has 0 saturated heterocycles. The van der Waals surface area contributed by atoms with Gasteiger partial charge in [0.25, 0.3) is 0 Å². The third kappa shape index (κ3) is 2.85. The molecular formula is C16H23N3O. The summed E-state index contributed by atoms with van der Waals surface area (Å²) >= 11 is 0. The first kappa shape index (κ1) is 14.6. The van der Waals surface area contributed by atoms with Gasteiger partial charge in [0.1, 0.15) is 11.6 Å². The molecule has 2 N–H and O–H groups in total. The van der Waals surface area contributed by atoms with Crippen LogP contribution in [-0.4, -0.2) is 22.7 Å². The molecule has 4 nitrogen and oxygen atoms in total. The number of benzene rings is 1. The van der Waals surface area contributed by atoms with Crippen molar-refractivity contribution in [3.63, 3.8) is 0 Å². The van der Waals surface area contributed by atoms with Gasteiger partial charge in [-0.3, -0.25) is 0 Å². The number of nitrogens with zero attached hydrogens (tertiary/aromatic N) is 2. The summed E-state index contributed by atoms with van der Waals surface area (Å²) in [6, 6.07) is 8.10. The van der Waals surface area contributed by atoms with Crippen molar-refractivity contribution in [2.24, 2.45) is 5.73 Å². The van der Waals surface area contributed by atoms with Crippen LogP contribution in [0, 0.1) is 0 Å². The lowest BCUT2D eigenvalue weighted by Gasteiger charge is -2.26. The fourth-order valence-corrected chi connectivity index (χ4v) is 2.55. The minimum Gasteiger partial charge on any atom is -0.497 e. The maximum Gasteiger partial charge on any atom is 0.119 e. The van der Waals surface area contributed by atoms with Crippen LogP contribution in [0.4, 0.5) is 0 Å². The summed E-state index contributed by atoms with van der Waals surface area (Å²) in [4.78, 5) is 4.46. The van der Waals surface area contributed by atoms with E-state index in [0.29, 0.717) is 5.92 Å². The highest BCUT2D eigenvalue weighted by molar-refractivity contribution is 5.32. The van der Waals surface area contributed by atoms with Crippen molar-refractivity contribution in [3.8, 4) is 5.75 Å². The highest BCUT2D eigenvalue weighted by atomic mass is 16.5. The van der Waals surface area contributed by atoms with Gasteiger partial charge in [-0.15, -0.1) is 0 Å². The molecule has 0 radical (unpaired) electrons. The molecule has 4 heteroatoms. The summed E-state index contributed by atoms with van der Waals surface area (Å²) in [6.45, 7) is 6.31. The van der Waals surface area contributed by atoms with Crippen molar-refractivity contribution >= 4 is 0 Å². The van der Waals surface area contributed by atoms with E-state index >= 15 is 0 Å². The average Bonchev–Trinajstić information content (AvgIpc) is 2.88. The van der Waals surface area contributed by atoms with E-state index in [4.69, 9.17) is 10.5 Å². The van der Waals surface area contributed by atoms with E-state index in [1.165, 1.54) is 0 Å². The van der Waals surface area contributed by atoms with Crippen molar-refractivity contribution in [2.75, 3.05) is 7.11 Å². The first-order chi connectivity index (χ1) is 9.54. The molecule has 1 aromatic heterocycles. The lowest BCUT2D eigenvalue weighted by molar-refractivity contribution is 0.411. The zero-order chi connectivity index (χ0) is 14.7. The minimum absolute atomic E-state index is 0.0196. The molecule has 1 heterocycles. The number of imidazole rings is 1. The van der Waals surface area contributed by atoms with Crippen LogP contribution in [0.15, 0.2) is 36.7 Å². The average molecular weight is 273 g/mol. The maximum absolute atomic E-state index is 6.23. The molecule has 0 aliphatic heterocycles. The molecule has 20 heavy (non-hydrogen) atoms. The standard InChI is InChI=1S/C16H23N3O/c1-11(2)16-18-8-9-19(16)15(12(3)17)13-6-5-7-14(10-13)20-4/h5-12,15H,17H2,1-4H3. The number of aromatic nitrogens is 2. The van der Waals surface area contributed by atoms with Gasteiger partial charge >= 0.3 is 0 Å². The van der Waals surface area contributed by atoms with E-state index in [9.17, 15) is 0 Å². The summed E-state index contributed by atoms with van der Waals surface area (Å²) in [5.74, 6) is 2.26. The molecule has 0 saturated carbocycles. The van der Waals surface area contributed by atoms with E-state index in [1.807, 2.05) is 37.5 Å². The monoisotopic (exact) mass is 273 g/mol. The van der Waals surface area contributed by atoms with Crippen LogP contribution in [0.2, 0.25) is 0 Å². The number of ether oxygens (including phenoxy) is 1. The van der Waals surface area contributed by atoms with Crippen molar-refractivity contribution in [2.45, 2.75) is 38.8 Å². The number of hydrogen-bond acceptors (Lipinski definition) is 3. The Labute approximate surface area is 120 Å². The van der Waals surface area contributed by atoms with E-state index in [1.54, 1.807) is 7.11 Å². The van der Waals surface area contributed by atoms with Gasteiger partial charge in [-0.2, -0.15) is 0 Å². The van der Waals surface area contributed by atoms with E-state index in [0.717, 1.165) is 17.1 Å². The SMILES string of the molecule is COc1cccc(C(C(C)N)n2ccnc2C(C)C)c1. The number of hydrogen-bond donors (Lipinski definition) is 1. The Morgan fingerprint density at radius 2 is 2.00 bits per heavy atom. The first-order valence-corrected chi connectivity index (χ1v) is 6.96. The van der Waals surface area contributed by atoms with Crippen LogP contribution in [-0.2, 0) is 0 Å². The predicted molar refractivity (Wildman–Crippen MR) is 81.1 cm³/mol. The van der Waals surface area contributed by atoms with Gasteiger partial charge < -0.3 is 15.0 Å². The predicted octanol–water partition coefficient (Wildman–Crippen LogP) is 2.95. The van der Waals surface area contributed by atoms with E-state index < -0.39 is 0 Å². The van der Waals surface area contributed by atoms with Crippen LogP contribution >= 0.6 is 0 Å². The summed E-state index contributed by atoms with van der Waals surface area (Å²) in [5, 5.41) is 0. The van der Waals surface area contributed by atoms with Gasteiger partial charge in [-0.25, -0.2) is 4.98 Å². The third-order valence-corrected chi connectivity index (χ3v) is 3.45. The van der Waals surface area contributed by atoms with Crippen LogP contribution in [0.1, 0.15) is 44.1 Å². The first-order valence-electron chi connectivity index (χ1n) is 6.96. The second kappa shape index (κ2) is 6.09. The molecule has 2 aromatic rings. The van der Waals surface area contributed by atoms with Gasteiger partial charge in [-0.1, -0.05) is 26.0 Å². The molecule has 108 valence electrons. The Hall–Kier alpha value is -1.81. The molecule has 0 amide bonds. The van der Waals surface area contributed by atoms with Crippen molar-refractivity contribution in [1.82, 2.24) is 9.55 Å². The summed E-state index contributed by atoms with van der Waals surface area (Å²) in [6.07, 6.45) is 3.84. The van der Waals surface area contributed by atoms with E-state index in [-0.39, 0.29) is 12.1 Å². The summed E-state index contributed by atoms with van der Waals surface area (Å²) in [7, 11) is 1.68. The fraction of sp³-hybridized carbons (Fsp3) is 0.438. The van der Waals surface area contributed by atoms with Crippen LogP contribution in [0.3, 0.4) is 0 Å². The maximum atomic E-state index is 6.23.